The number of rotatable bonds is 4. The second kappa shape index (κ2) is 6.84. The van der Waals surface area contributed by atoms with Crippen LogP contribution >= 0.6 is 11.6 Å². The highest BCUT2D eigenvalue weighted by Crippen LogP contribution is 2.19. The average molecular weight is 340 g/mol. The molecule has 23 heavy (non-hydrogen) atoms. The smallest absolute Gasteiger partial charge is 0.256 e. The third-order valence-electron chi connectivity index (χ3n) is 4.13. The van der Waals surface area contributed by atoms with Crippen LogP contribution in [0.4, 0.5) is 4.39 Å². The van der Waals surface area contributed by atoms with Crippen molar-refractivity contribution < 1.29 is 14.0 Å². The molecule has 0 atom stereocenters. The number of nitrogens with one attached hydrogen (secondary N) is 1. The molecule has 7 heteroatoms. The molecule has 0 aromatic heterocycles. The Balaban J connectivity index is 1.51. The number of nitrogens with zero attached hydrogens (tertiary/aromatic N) is 2. The van der Waals surface area contributed by atoms with Crippen LogP contribution in [0.2, 0.25) is 5.02 Å². The Hall–Kier alpha value is -1.66. The van der Waals surface area contributed by atoms with Crippen molar-refractivity contribution in [2.45, 2.75) is 18.9 Å². The van der Waals surface area contributed by atoms with Gasteiger partial charge >= 0.3 is 0 Å². The minimum absolute atomic E-state index is 0.0364. The highest BCUT2D eigenvalue weighted by Gasteiger charge is 2.27. The molecule has 0 bridgehead atoms. The summed E-state index contributed by atoms with van der Waals surface area (Å²) in [7, 11) is 0. The largest absolute Gasteiger partial charge is 0.352 e. The molecule has 1 aliphatic carbocycles. The second-order valence-corrected chi connectivity index (χ2v) is 6.47. The molecule has 3 rings (SSSR count). The molecule has 0 unspecified atom stereocenters. The van der Waals surface area contributed by atoms with E-state index in [0.29, 0.717) is 38.8 Å². The number of benzene rings is 1. The van der Waals surface area contributed by atoms with E-state index in [4.69, 9.17) is 11.6 Å². The van der Waals surface area contributed by atoms with E-state index >= 15 is 0 Å². The monoisotopic (exact) mass is 339 g/mol. The van der Waals surface area contributed by atoms with Crippen molar-refractivity contribution in [3.05, 3.63) is 34.6 Å². The SMILES string of the molecule is O=C(CN1CCN(C(=O)c2ccc(Cl)cc2F)CC1)NC1CC1. The van der Waals surface area contributed by atoms with Crippen LogP contribution in [0, 0.1) is 5.82 Å². The molecule has 1 N–H and O–H groups in total. The summed E-state index contributed by atoms with van der Waals surface area (Å²) in [6, 6.07) is 4.43. The van der Waals surface area contributed by atoms with Crippen molar-refractivity contribution in [3.63, 3.8) is 0 Å². The first-order valence-electron chi connectivity index (χ1n) is 7.79. The Morgan fingerprint density at radius 3 is 2.52 bits per heavy atom. The third kappa shape index (κ3) is 4.20. The van der Waals surface area contributed by atoms with E-state index in [1.807, 2.05) is 4.90 Å². The highest BCUT2D eigenvalue weighted by atomic mass is 35.5. The van der Waals surface area contributed by atoms with Crippen LogP contribution in [-0.4, -0.2) is 60.4 Å². The van der Waals surface area contributed by atoms with Gasteiger partial charge in [0.05, 0.1) is 12.1 Å². The van der Waals surface area contributed by atoms with Crippen molar-refractivity contribution >= 4 is 23.4 Å². The van der Waals surface area contributed by atoms with E-state index in [2.05, 4.69) is 5.32 Å². The summed E-state index contributed by atoms with van der Waals surface area (Å²) in [5.74, 6) is -0.897. The van der Waals surface area contributed by atoms with Crippen molar-refractivity contribution in [1.29, 1.82) is 0 Å². The van der Waals surface area contributed by atoms with Gasteiger partial charge in [-0.15, -0.1) is 0 Å². The lowest BCUT2D eigenvalue weighted by molar-refractivity contribution is -0.122. The first-order valence-corrected chi connectivity index (χ1v) is 8.17. The highest BCUT2D eigenvalue weighted by molar-refractivity contribution is 6.30. The van der Waals surface area contributed by atoms with Crippen molar-refractivity contribution in [2.24, 2.45) is 0 Å². The van der Waals surface area contributed by atoms with Crippen LogP contribution in [0.5, 0.6) is 0 Å². The number of amides is 2. The molecule has 1 heterocycles. The predicted octanol–water partition coefficient (Wildman–Crippen LogP) is 1.52. The molecule has 5 nitrogen and oxygen atoms in total. The maximum Gasteiger partial charge on any atom is 0.256 e. The van der Waals surface area contributed by atoms with Gasteiger partial charge in [0, 0.05) is 37.2 Å². The summed E-state index contributed by atoms with van der Waals surface area (Å²) in [5.41, 5.74) is 0.0364. The van der Waals surface area contributed by atoms with Gasteiger partial charge in [0.2, 0.25) is 5.91 Å². The Morgan fingerprint density at radius 2 is 1.91 bits per heavy atom. The quantitative estimate of drug-likeness (QED) is 0.905. The van der Waals surface area contributed by atoms with Crippen LogP contribution in [0.3, 0.4) is 0 Å². The molecule has 1 saturated heterocycles. The Bertz CT molecular complexity index is 613. The van der Waals surface area contributed by atoms with Gasteiger partial charge in [-0.05, 0) is 31.0 Å². The molecule has 1 aromatic rings. The fourth-order valence-corrected chi connectivity index (χ4v) is 2.81. The molecule has 2 fully saturated rings. The number of halogens is 2. The lowest BCUT2D eigenvalue weighted by Crippen LogP contribution is -2.51. The first-order chi connectivity index (χ1) is 11.0. The lowest BCUT2D eigenvalue weighted by Gasteiger charge is -2.34. The topological polar surface area (TPSA) is 52.7 Å². The second-order valence-electron chi connectivity index (χ2n) is 6.03. The maximum absolute atomic E-state index is 13.8. The van der Waals surface area contributed by atoms with Crippen LogP contribution < -0.4 is 5.32 Å². The third-order valence-corrected chi connectivity index (χ3v) is 4.37. The Labute approximate surface area is 139 Å². The molecule has 2 aliphatic rings. The minimum atomic E-state index is -0.603. The van der Waals surface area contributed by atoms with E-state index in [0.717, 1.165) is 18.9 Å². The summed E-state index contributed by atoms with van der Waals surface area (Å²) >= 11 is 5.71. The van der Waals surface area contributed by atoms with Gasteiger partial charge in [-0.3, -0.25) is 14.5 Å². The fraction of sp³-hybridized carbons (Fsp3) is 0.500. The van der Waals surface area contributed by atoms with E-state index in [1.165, 1.54) is 12.1 Å². The number of carbonyl (C=O) groups excluding carboxylic acids is 2. The number of hydrogen-bond donors (Lipinski definition) is 1. The van der Waals surface area contributed by atoms with Gasteiger partial charge in [-0.2, -0.15) is 0 Å². The van der Waals surface area contributed by atoms with E-state index < -0.39 is 5.82 Å². The van der Waals surface area contributed by atoms with Crippen LogP contribution in [0.15, 0.2) is 18.2 Å². The van der Waals surface area contributed by atoms with Crippen molar-refractivity contribution in [1.82, 2.24) is 15.1 Å². The number of carbonyl (C=O) groups is 2. The minimum Gasteiger partial charge on any atom is -0.352 e. The van der Waals surface area contributed by atoms with E-state index in [-0.39, 0.29) is 22.4 Å². The molecular formula is C16H19ClFN3O2. The van der Waals surface area contributed by atoms with Crippen molar-refractivity contribution in [2.75, 3.05) is 32.7 Å². The molecule has 0 radical (unpaired) electrons. The molecule has 1 aromatic carbocycles. The zero-order chi connectivity index (χ0) is 16.4. The zero-order valence-corrected chi connectivity index (χ0v) is 13.5. The maximum atomic E-state index is 13.8. The number of hydrogen-bond acceptors (Lipinski definition) is 3. The van der Waals surface area contributed by atoms with Gasteiger partial charge in [-0.1, -0.05) is 11.6 Å². The van der Waals surface area contributed by atoms with Crippen LogP contribution in [-0.2, 0) is 4.79 Å². The van der Waals surface area contributed by atoms with Gasteiger partial charge < -0.3 is 10.2 Å². The molecular weight excluding hydrogens is 321 g/mol. The molecule has 124 valence electrons. The Kier molecular flexibility index (Phi) is 4.82. The standard InChI is InChI=1S/C16H19ClFN3O2/c17-11-1-4-13(14(18)9-11)16(23)21-7-5-20(6-8-21)10-15(22)19-12-2-3-12/h1,4,9,12H,2-3,5-8,10H2,(H,19,22). The van der Waals surface area contributed by atoms with E-state index in [1.54, 1.807) is 4.90 Å². The molecule has 1 aliphatic heterocycles. The summed E-state index contributed by atoms with van der Waals surface area (Å²) in [4.78, 5) is 27.8. The van der Waals surface area contributed by atoms with Gasteiger partial charge in [-0.25, -0.2) is 4.39 Å². The summed E-state index contributed by atoms with van der Waals surface area (Å²) in [5, 5.41) is 3.22. The Morgan fingerprint density at radius 1 is 1.22 bits per heavy atom. The van der Waals surface area contributed by atoms with Crippen LogP contribution in [0.1, 0.15) is 23.2 Å². The zero-order valence-electron chi connectivity index (χ0n) is 12.7. The fourth-order valence-electron chi connectivity index (χ4n) is 2.65. The average Bonchev–Trinajstić information content (AvgIpc) is 3.31. The molecule has 1 saturated carbocycles. The number of piperazine rings is 1. The van der Waals surface area contributed by atoms with Crippen molar-refractivity contribution in [3.8, 4) is 0 Å². The van der Waals surface area contributed by atoms with E-state index in [9.17, 15) is 14.0 Å². The van der Waals surface area contributed by atoms with Crippen LogP contribution in [0.25, 0.3) is 0 Å². The summed E-state index contributed by atoms with van der Waals surface area (Å²) in [6.45, 7) is 2.54. The van der Waals surface area contributed by atoms with Gasteiger partial charge in [0.15, 0.2) is 0 Å². The first kappa shape index (κ1) is 16.2. The predicted molar refractivity (Wildman–Crippen MR) is 84.9 cm³/mol. The normalized spacial score (nSPS) is 18.8. The van der Waals surface area contributed by atoms with Gasteiger partial charge in [0.25, 0.3) is 5.91 Å². The molecule has 2 amide bonds. The lowest BCUT2D eigenvalue weighted by atomic mass is 10.1. The summed E-state index contributed by atoms with van der Waals surface area (Å²) < 4.78 is 13.8. The summed E-state index contributed by atoms with van der Waals surface area (Å²) in [6.07, 6.45) is 2.14. The molecule has 0 spiro atoms. The van der Waals surface area contributed by atoms with Gasteiger partial charge in [0.1, 0.15) is 5.82 Å².